The number of allylic oxidation sites excluding steroid dienone is 4. The summed E-state index contributed by atoms with van der Waals surface area (Å²) in [6, 6.07) is 15.1. The lowest BCUT2D eigenvalue weighted by Crippen LogP contribution is -2.33. The first kappa shape index (κ1) is 29.1. The van der Waals surface area contributed by atoms with Crippen LogP contribution in [0.5, 0.6) is 5.75 Å². The molecule has 7 nitrogen and oxygen atoms in total. The van der Waals surface area contributed by atoms with Gasteiger partial charge in [-0.1, -0.05) is 36.4 Å². The van der Waals surface area contributed by atoms with E-state index in [4.69, 9.17) is 18.9 Å². The van der Waals surface area contributed by atoms with E-state index in [2.05, 4.69) is 5.32 Å². The average molecular weight is 538 g/mol. The van der Waals surface area contributed by atoms with Crippen LogP contribution in [0, 0.1) is 0 Å². The zero-order chi connectivity index (χ0) is 27.2. The van der Waals surface area contributed by atoms with Crippen molar-refractivity contribution in [3.8, 4) is 5.75 Å². The van der Waals surface area contributed by atoms with Gasteiger partial charge >= 0.3 is 5.97 Å². The summed E-state index contributed by atoms with van der Waals surface area (Å²) in [7, 11) is 2.98. The van der Waals surface area contributed by atoms with E-state index in [0.29, 0.717) is 48.1 Å². The summed E-state index contributed by atoms with van der Waals surface area (Å²) in [4.78, 5) is 13.6. The maximum Gasteiger partial charge on any atom is 0.338 e. The Morgan fingerprint density at radius 2 is 1.74 bits per heavy atom. The minimum absolute atomic E-state index is 0.126. The number of ether oxygens (including phenoxy) is 4. The Balaban J connectivity index is 1.46. The van der Waals surface area contributed by atoms with Crippen LogP contribution >= 0.6 is 11.8 Å². The fraction of sp³-hybridized carbons (Fsp3) is 0.300. The fourth-order valence-electron chi connectivity index (χ4n) is 3.60. The molecule has 8 heteroatoms. The second kappa shape index (κ2) is 15.7. The zero-order valence-corrected chi connectivity index (χ0v) is 22.8. The molecule has 0 radical (unpaired) electrons. The molecule has 1 atom stereocenters. The van der Waals surface area contributed by atoms with E-state index in [-0.39, 0.29) is 6.61 Å². The van der Waals surface area contributed by atoms with Gasteiger partial charge in [-0.05, 0) is 66.3 Å². The third-order valence-electron chi connectivity index (χ3n) is 5.63. The molecule has 0 saturated carbocycles. The summed E-state index contributed by atoms with van der Waals surface area (Å²) in [5.41, 5.74) is 2.07. The maximum absolute atomic E-state index is 12.4. The molecular weight excluding hydrogens is 502 g/mol. The van der Waals surface area contributed by atoms with Crippen molar-refractivity contribution in [3.63, 3.8) is 0 Å². The van der Waals surface area contributed by atoms with Crippen molar-refractivity contribution < 1.29 is 28.8 Å². The predicted molar refractivity (Wildman–Crippen MR) is 152 cm³/mol. The lowest BCUT2D eigenvalue weighted by Gasteiger charge is -2.15. The van der Waals surface area contributed by atoms with Crippen molar-refractivity contribution in [1.29, 1.82) is 0 Å². The number of aliphatic hydroxyl groups is 1. The van der Waals surface area contributed by atoms with Crippen LogP contribution in [0.1, 0.15) is 17.5 Å². The highest BCUT2D eigenvalue weighted by Crippen LogP contribution is 2.24. The number of hydrogen-bond acceptors (Lipinski definition) is 8. The Morgan fingerprint density at radius 3 is 2.39 bits per heavy atom. The first-order valence-electron chi connectivity index (χ1n) is 12.3. The van der Waals surface area contributed by atoms with Crippen LogP contribution in [0.15, 0.2) is 89.2 Å². The molecule has 0 aromatic heterocycles. The second-order valence-corrected chi connectivity index (χ2v) is 9.22. The lowest BCUT2D eigenvalue weighted by atomic mass is 10.0. The van der Waals surface area contributed by atoms with Crippen LogP contribution in [0.25, 0.3) is 11.6 Å². The molecule has 0 bridgehead atoms. The van der Waals surface area contributed by atoms with Crippen LogP contribution < -0.4 is 10.1 Å². The molecule has 1 aliphatic rings. The monoisotopic (exact) mass is 537 g/mol. The third kappa shape index (κ3) is 9.13. The summed E-state index contributed by atoms with van der Waals surface area (Å²) >= 11 is 1.66. The zero-order valence-electron chi connectivity index (χ0n) is 22.0. The van der Waals surface area contributed by atoms with Gasteiger partial charge in [0.25, 0.3) is 0 Å². The molecule has 0 spiro atoms. The molecule has 1 unspecified atom stereocenters. The Labute approximate surface area is 228 Å². The minimum Gasteiger partial charge on any atom is -0.493 e. The molecule has 3 rings (SSSR count). The van der Waals surface area contributed by atoms with Gasteiger partial charge in [-0.15, -0.1) is 11.8 Å². The van der Waals surface area contributed by atoms with Crippen LogP contribution in [0.4, 0.5) is 0 Å². The fourth-order valence-corrected chi connectivity index (χ4v) is 4.01. The number of nitrogens with one attached hydrogen (secondary N) is 1. The van der Waals surface area contributed by atoms with E-state index in [1.165, 1.54) is 7.11 Å². The number of methoxy groups -OCH3 is 2. The van der Waals surface area contributed by atoms with Gasteiger partial charge in [-0.25, -0.2) is 4.79 Å². The molecule has 0 saturated heterocycles. The van der Waals surface area contributed by atoms with Crippen LogP contribution in [-0.4, -0.2) is 64.0 Å². The Morgan fingerprint density at radius 1 is 1.03 bits per heavy atom. The standard InChI is InChI=1S/C30H35NO6S/c1-34-28-7-5-4-6-8-29(28)36-18-17-31-20-24(32)21-37-25-13-11-23(12-14-25)27(30(33)35-2)19-22-9-15-26(38-3)16-10-22/h5-16,19,24,31-32H,4,17-18,20-21H2,1-3H3/b27-19+. The van der Waals surface area contributed by atoms with Crippen LogP contribution in [0.3, 0.4) is 0 Å². The molecule has 0 fully saturated rings. The topological polar surface area (TPSA) is 86.3 Å². The molecule has 2 aromatic rings. The number of hydrogen-bond donors (Lipinski definition) is 2. The number of carbonyl (C=O) groups is 1. The summed E-state index contributed by atoms with van der Waals surface area (Å²) in [5.74, 6) is 1.56. The number of rotatable bonds is 14. The maximum atomic E-state index is 12.4. The third-order valence-corrected chi connectivity index (χ3v) is 6.37. The van der Waals surface area contributed by atoms with Crippen molar-refractivity contribution >= 4 is 29.4 Å². The van der Waals surface area contributed by atoms with E-state index < -0.39 is 12.1 Å². The van der Waals surface area contributed by atoms with Gasteiger partial charge in [-0.2, -0.15) is 0 Å². The number of carbonyl (C=O) groups excluding carboxylic acids is 1. The highest BCUT2D eigenvalue weighted by atomic mass is 32.2. The van der Waals surface area contributed by atoms with Gasteiger partial charge in [0.2, 0.25) is 0 Å². The van der Waals surface area contributed by atoms with Gasteiger partial charge in [0, 0.05) is 18.0 Å². The number of aliphatic hydroxyl groups excluding tert-OH is 1. The molecule has 0 aliphatic heterocycles. The molecule has 2 aromatic carbocycles. The molecule has 0 heterocycles. The Bertz CT molecular complexity index is 1150. The molecule has 38 heavy (non-hydrogen) atoms. The van der Waals surface area contributed by atoms with E-state index in [1.54, 1.807) is 49.2 Å². The van der Waals surface area contributed by atoms with Crippen LogP contribution in [0.2, 0.25) is 0 Å². The van der Waals surface area contributed by atoms with Gasteiger partial charge < -0.3 is 29.4 Å². The average Bonchev–Trinajstić information content (AvgIpc) is 3.19. The van der Waals surface area contributed by atoms with Crippen molar-refractivity contribution in [2.75, 3.05) is 46.8 Å². The predicted octanol–water partition coefficient (Wildman–Crippen LogP) is 4.84. The molecule has 0 amide bonds. The Hall–Kier alpha value is -3.46. The lowest BCUT2D eigenvalue weighted by molar-refractivity contribution is -0.133. The SMILES string of the molecule is COC(=O)/C(=C/c1ccc(SC)cc1)c1ccc(OCC(O)CNCCOC2=C(OC)C=CCC=C2)cc1. The van der Waals surface area contributed by atoms with Gasteiger partial charge in [-0.3, -0.25) is 0 Å². The highest BCUT2D eigenvalue weighted by molar-refractivity contribution is 7.98. The summed E-state index contributed by atoms with van der Waals surface area (Å²) < 4.78 is 21.8. The smallest absolute Gasteiger partial charge is 0.338 e. The quantitative estimate of drug-likeness (QED) is 0.116. The van der Waals surface area contributed by atoms with Gasteiger partial charge in [0.15, 0.2) is 11.5 Å². The molecule has 202 valence electrons. The number of thioether (sulfide) groups is 1. The van der Waals surface area contributed by atoms with Gasteiger partial charge in [0.1, 0.15) is 25.1 Å². The largest absolute Gasteiger partial charge is 0.493 e. The van der Waals surface area contributed by atoms with E-state index in [1.807, 2.05) is 54.8 Å². The number of benzene rings is 2. The molecule has 1 aliphatic carbocycles. The summed E-state index contributed by atoms with van der Waals surface area (Å²) in [6.45, 7) is 1.48. The van der Waals surface area contributed by atoms with E-state index >= 15 is 0 Å². The van der Waals surface area contributed by atoms with E-state index in [9.17, 15) is 9.90 Å². The molecule has 2 N–H and O–H groups in total. The van der Waals surface area contributed by atoms with Gasteiger partial charge in [0.05, 0.1) is 19.8 Å². The summed E-state index contributed by atoms with van der Waals surface area (Å²) in [6.07, 6.45) is 11.8. The van der Waals surface area contributed by atoms with Crippen molar-refractivity contribution in [3.05, 3.63) is 95.5 Å². The van der Waals surface area contributed by atoms with Crippen molar-refractivity contribution in [2.45, 2.75) is 17.4 Å². The minimum atomic E-state index is -0.695. The normalized spacial score (nSPS) is 14.2. The van der Waals surface area contributed by atoms with Crippen molar-refractivity contribution in [2.24, 2.45) is 0 Å². The first-order valence-corrected chi connectivity index (χ1v) is 13.6. The highest BCUT2D eigenvalue weighted by Gasteiger charge is 2.13. The van der Waals surface area contributed by atoms with Crippen LogP contribution in [-0.2, 0) is 19.0 Å². The Kier molecular flexibility index (Phi) is 12.0. The molecular formula is C30H35NO6S. The number of esters is 1. The summed E-state index contributed by atoms with van der Waals surface area (Å²) in [5, 5.41) is 13.4. The first-order chi connectivity index (χ1) is 18.5. The van der Waals surface area contributed by atoms with E-state index in [0.717, 1.165) is 16.9 Å². The second-order valence-electron chi connectivity index (χ2n) is 8.34. The van der Waals surface area contributed by atoms with Crippen molar-refractivity contribution in [1.82, 2.24) is 5.32 Å².